The molecule has 0 radical (unpaired) electrons. The van der Waals surface area contributed by atoms with Crippen LogP contribution in [0.15, 0.2) is 33.9 Å². The Balaban J connectivity index is 2.16. The molecule has 0 saturated heterocycles. The molecule has 0 saturated carbocycles. The molecule has 0 aliphatic carbocycles. The average molecular weight is 348 g/mol. The fourth-order valence-corrected chi connectivity index (χ4v) is 3.68. The van der Waals surface area contributed by atoms with Crippen molar-refractivity contribution in [2.75, 3.05) is 6.54 Å². The van der Waals surface area contributed by atoms with Gasteiger partial charge >= 0.3 is 0 Å². The van der Waals surface area contributed by atoms with Crippen molar-refractivity contribution in [3.63, 3.8) is 0 Å². The molecule has 6 nitrogen and oxygen atoms in total. The topological polar surface area (TPSA) is 97.5 Å². The lowest BCUT2D eigenvalue weighted by Gasteiger charge is -2.27. The molecule has 4 rings (SSSR count). The second-order valence-electron chi connectivity index (χ2n) is 6.43. The molecule has 0 atom stereocenters. The monoisotopic (exact) mass is 348 g/mol. The van der Waals surface area contributed by atoms with Crippen LogP contribution in [0.1, 0.15) is 40.5 Å². The van der Waals surface area contributed by atoms with Crippen LogP contribution in [0.4, 0.5) is 0 Å². The fourth-order valence-electron chi connectivity index (χ4n) is 3.68. The van der Waals surface area contributed by atoms with Crippen molar-refractivity contribution in [1.82, 2.24) is 4.90 Å². The quantitative estimate of drug-likeness (QED) is 0.711. The summed E-state index contributed by atoms with van der Waals surface area (Å²) in [7, 11) is 0. The summed E-state index contributed by atoms with van der Waals surface area (Å²) in [4.78, 5) is 52.1. The second kappa shape index (κ2) is 5.62. The number of benzene rings is 3. The molecule has 130 valence electrons. The van der Waals surface area contributed by atoms with Gasteiger partial charge in [-0.05, 0) is 30.7 Å². The lowest BCUT2D eigenvalue weighted by Crippen LogP contribution is -2.42. The van der Waals surface area contributed by atoms with Crippen LogP contribution in [-0.2, 0) is 0 Å². The van der Waals surface area contributed by atoms with Crippen molar-refractivity contribution in [2.24, 2.45) is 5.73 Å². The molecule has 0 spiro atoms. The van der Waals surface area contributed by atoms with Gasteiger partial charge in [0.1, 0.15) is 0 Å². The van der Waals surface area contributed by atoms with Gasteiger partial charge in [-0.25, -0.2) is 0 Å². The van der Waals surface area contributed by atoms with E-state index in [0.29, 0.717) is 45.6 Å². The number of hydrogen-bond donors (Lipinski definition) is 1. The van der Waals surface area contributed by atoms with E-state index in [1.165, 1.54) is 17.0 Å². The number of hydrogen-bond acceptors (Lipinski definition) is 5. The van der Waals surface area contributed by atoms with E-state index >= 15 is 0 Å². The third-order valence-corrected chi connectivity index (χ3v) is 4.99. The fraction of sp³-hybridized carbons (Fsp3) is 0.200. The summed E-state index contributed by atoms with van der Waals surface area (Å²) in [5.74, 6) is -0.778. The molecule has 1 aliphatic rings. The summed E-state index contributed by atoms with van der Waals surface area (Å²) in [6.45, 7) is 2.33. The minimum atomic E-state index is -0.484. The van der Waals surface area contributed by atoms with E-state index < -0.39 is 10.9 Å². The second-order valence-corrected chi connectivity index (χ2v) is 6.43. The molecule has 3 aromatic carbocycles. The molecule has 1 aliphatic heterocycles. The van der Waals surface area contributed by atoms with Crippen LogP contribution in [-0.4, -0.2) is 23.3 Å². The SMILES string of the molecule is CCCCN1C(=O)c2ccc3c(=O)c(=CN)c(=O)c4ccc(c2c34)C1=O. The number of rotatable bonds is 3. The van der Waals surface area contributed by atoms with Crippen LogP contribution in [0.25, 0.3) is 27.7 Å². The van der Waals surface area contributed by atoms with E-state index in [1.807, 2.05) is 6.92 Å². The smallest absolute Gasteiger partial charge is 0.261 e. The summed E-state index contributed by atoms with van der Waals surface area (Å²) in [5, 5.41) is 1.25. The highest BCUT2D eigenvalue weighted by atomic mass is 16.2. The van der Waals surface area contributed by atoms with Gasteiger partial charge in [0.25, 0.3) is 11.8 Å². The maximum atomic E-state index is 12.8. The summed E-state index contributed by atoms with van der Waals surface area (Å²) in [5.41, 5.74) is 5.18. The summed E-state index contributed by atoms with van der Waals surface area (Å²) in [6.07, 6.45) is 2.58. The minimum absolute atomic E-state index is 0.0985. The highest BCUT2D eigenvalue weighted by Crippen LogP contribution is 2.33. The molecule has 0 fully saturated rings. The van der Waals surface area contributed by atoms with Crippen molar-refractivity contribution in [3.05, 3.63) is 61.1 Å². The summed E-state index contributed by atoms with van der Waals surface area (Å²) < 4.78 is 0. The minimum Gasteiger partial charge on any atom is -0.404 e. The molecule has 1 heterocycles. The van der Waals surface area contributed by atoms with Crippen LogP contribution in [0.5, 0.6) is 0 Å². The van der Waals surface area contributed by atoms with Gasteiger partial charge < -0.3 is 5.73 Å². The van der Waals surface area contributed by atoms with Crippen LogP contribution < -0.4 is 21.8 Å². The van der Waals surface area contributed by atoms with E-state index in [-0.39, 0.29) is 17.0 Å². The number of nitrogens with zero attached hydrogens (tertiary/aromatic N) is 1. The van der Waals surface area contributed by atoms with E-state index in [9.17, 15) is 19.2 Å². The first-order valence-electron chi connectivity index (χ1n) is 8.48. The average Bonchev–Trinajstić information content (AvgIpc) is 2.64. The Morgan fingerprint density at radius 2 is 1.42 bits per heavy atom. The Morgan fingerprint density at radius 3 is 1.88 bits per heavy atom. The van der Waals surface area contributed by atoms with Crippen molar-refractivity contribution >= 4 is 39.6 Å². The molecule has 0 aromatic heterocycles. The molecule has 2 N–H and O–H groups in total. The van der Waals surface area contributed by atoms with Gasteiger partial charge in [0.05, 0.1) is 5.22 Å². The van der Waals surface area contributed by atoms with E-state index in [2.05, 4.69) is 0 Å². The Bertz CT molecular complexity index is 1180. The molecular formula is C20H16N2O4. The molecule has 0 bridgehead atoms. The molecule has 3 aromatic rings. The zero-order chi connectivity index (χ0) is 18.6. The van der Waals surface area contributed by atoms with Crippen LogP contribution >= 0.6 is 0 Å². The van der Waals surface area contributed by atoms with Crippen LogP contribution in [0.2, 0.25) is 0 Å². The Morgan fingerprint density at radius 1 is 0.885 bits per heavy atom. The van der Waals surface area contributed by atoms with Crippen LogP contribution in [0.3, 0.4) is 0 Å². The van der Waals surface area contributed by atoms with Gasteiger partial charge in [-0.2, -0.15) is 0 Å². The zero-order valence-corrected chi connectivity index (χ0v) is 14.2. The van der Waals surface area contributed by atoms with Gasteiger partial charge in [-0.15, -0.1) is 0 Å². The normalized spacial score (nSPS) is 13.8. The van der Waals surface area contributed by atoms with Gasteiger partial charge in [-0.3, -0.25) is 24.1 Å². The number of amides is 2. The number of unbranched alkanes of at least 4 members (excludes halogenated alkanes) is 1. The predicted molar refractivity (Wildman–Crippen MR) is 99.3 cm³/mol. The Labute approximate surface area is 147 Å². The molecule has 2 amide bonds. The zero-order valence-electron chi connectivity index (χ0n) is 14.2. The first kappa shape index (κ1) is 16.2. The predicted octanol–water partition coefficient (Wildman–Crippen LogP) is 0.963. The van der Waals surface area contributed by atoms with Crippen molar-refractivity contribution in [2.45, 2.75) is 19.8 Å². The first-order valence-corrected chi connectivity index (χ1v) is 8.48. The largest absolute Gasteiger partial charge is 0.404 e. The van der Waals surface area contributed by atoms with Gasteiger partial charge in [0, 0.05) is 45.4 Å². The standard InChI is InChI=1S/C20H16N2O4/c1-2-3-8-22-19(25)12-6-4-10-15-11(18(24)14(9-21)17(10)23)5-7-13(16(12)15)20(22)26/h4-7,9H,2-3,8,21H2,1H3. The Kier molecular flexibility index (Phi) is 3.50. The lowest BCUT2D eigenvalue weighted by atomic mass is 9.89. The number of nitrogens with two attached hydrogens (primary N) is 1. The summed E-state index contributed by atoms with van der Waals surface area (Å²) in [6, 6.07) is 6.19. The van der Waals surface area contributed by atoms with E-state index in [0.717, 1.165) is 12.6 Å². The summed E-state index contributed by atoms with van der Waals surface area (Å²) >= 11 is 0. The third-order valence-electron chi connectivity index (χ3n) is 4.99. The number of carbonyl (C=O) groups is 2. The van der Waals surface area contributed by atoms with E-state index in [4.69, 9.17) is 5.73 Å². The Hall–Kier alpha value is -3.28. The number of carbonyl (C=O) groups excluding carboxylic acids is 2. The molecular weight excluding hydrogens is 332 g/mol. The maximum absolute atomic E-state index is 12.8. The molecule has 26 heavy (non-hydrogen) atoms. The van der Waals surface area contributed by atoms with Crippen molar-refractivity contribution in [3.8, 4) is 0 Å². The van der Waals surface area contributed by atoms with Crippen molar-refractivity contribution < 1.29 is 9.59 Å². The first-order chi connectivity index (χ1) is 12.5. The maximum Gasteiger partial charge on any atom is 0.261 e. The highest BCUT2D eigenvalue weighted by Gasteiger charge is 2.33. The van der Waals surface area contributed by atoms with Gasteiger partial charge in [0.15, 0.2) is 10.9 Å². The van der Waals surface area contributed by atoms with Gasteiger partial charge in [-0.1, -0.05) is 13.3 Å². The number of imide groups is 1. The van der Waals surface area contributed by atoms with Gasteiger partial charge in [0.2, 0.25) is 0 Å². The van der Waals surface area contributed by atoms with E-state index in [1.54, 1.807) is 12.1 Å². The third kappa shape index (κ3) is 1.92. The molecule has 0 unspecified atom stereocenters. The van der Waals surface area contributed by atoms with Crippen molar-refractivity contribution in [1.29, 1.82) is 0 Å². The lowest BCUT2D eigenvalue weighted by molar-refractivity contribution is 0.0608. The van der Waals surface area contributed by atoms with Crippen LogP contribution in [0, 0.1) is 0 Å². The highest BCUT2D eigenvalue weighted by molar-refractivity contribution is 6.30. The molecule has 6 heteroatoms.